The average Bonchev–Trinajstić information content (AvgIpc) is 2.97. The van der Waals surface area contributed by atoms with Crippen molar-refractivity contribution in [3.05, 3.63) is 90.4 Å². The van der Waals surface area contributed by atoms with Gasteiger partial charge in [-0.05, 0) is 42.5 Å². The maximum Gasteiger partial charge on any atom is 0.416 e. The summed E-state index contributed by atoms with van der Waals surface area (Å²) in [7, 11) is 1.65. The van der Waals surface area contributed by atoms with Crippen molar-refractivity contribution >= 4 is 34.1 Å². The van der Waals surface area contributed by atoms with Gasteiger partial charge in [0.15, 0.2) is 5.82 Å². The van der Waals surface area contributed by atoms with E-state index in [9.17, 15) is 31.1 Å². The molecule has 0 aliphatic carbocycles. The largest absolute Gasteiger partial charge is 0.438 e. The van der Waals surface area contributed by atoms with Crippen molar-refractivity contribution in [3.8, 4) is 23.0 Å². The Morgan fingerprint density at radius 3 is 2.16 bits per heavy atom. The molecule has 0 saturated carbocycles. The summed E-state index contributed by atoms with van der Waals surface area (Å²) in [4.78, 5) is 29.5. The van der Waals surface area contributed by atoms with Crippen LogP contribution in [0.2, 0.25) is 0 Å². The fraction of sp³-hybridized carbons (Fsp3) is 0.107. The van der Waals surface area contributed by atoms with Crippen LogP contribution in [-0.2, 0) is 12.4 Å². The molecule has 0 spiro atoms. The maximum atomic E-state index is 13.2. The lowest BCUT2D eigenvalue weighted by molar-refractivity contribution is -0.143. The minimum absolute atomic E-state index is 0.0251. The molecule has 3 N–H and O–H groups in total. The van der Waals surface area contributed by atoms with Gasteiger partial charge in [-0.1, -0.05) is 24.3 Å². The first-order valence-corrected chi connectivity index (χ1v) is 12.3. The van der Waals surface area contributed by atoms with Crippen molar-refractivity contribution in [3.63, 3.8) is 0 Å². The van der Waals surface area contributed by atoms with Crippen LogP contribution in [0.5, 0.6) is 11.6 Å². The van der Waals surface area contributed by atoms with Gasteiger partial charge in [0.05, 0.1) is 22.4 Å². The van der Waals surface area contributed by atoms with Crippen molar-refractivity contribution in [1.29, 1.82) is 0 Å². The fourth-order valence-electron chi connectivity index (χ4n) is 4.07. The first-order valence-electron chi connectivity index (χ1n) is 12.3. The number of pyridine rings is 1. The highest BCUT2D eigenvalue weighted by Gasteiger charge is 2.37. The number of aromatic nitrogens is 4. The molecule has 0 fully saturated rings. The number of rotatable bonds is 6. The van der Waals surface area contributed by atoms with Gasteiger partial charge in [-0.2, -0.15) is 31.3 Å². The third-order valence-corrected chi connectivity index (χ3v) is 5.99. The number of nitrogens with zero attached hydrogens (tertiary/aromatic N) is 4. The zero-order valence-corrected chi connectivity index (χ0v) is 21.9. The lowest BCUT2D eigenvalue weighted by Gasteiger charge is -2.16. The van der Waals surface area contributed by atoms with E-state index < -0.39 is 35.2 Å². The van der Waals surface area contributed by atoms with Crippen LogP contribution in [0, 0.1) is 0 Å². The lowest BCUT2D eigenvalue weighted by atomic mass is 10.1. The van der Waals surface area contributed by atoms with Gasteiger partial charge in [0, 0.05) is 29.7 Å². The molecular formula is C28H19F6N7O2. The van der Waals surface area contributed by atoms with Crippen molar-refractivity contribution in [2.45, 2.75) is 12.4 Å². The molecule has 0 bridgehead atoms. The topological polar surface area (TPSA) is 114 Å². The molecule has 2 aromatic heterocycles. The molecule has 0 saturated heterocycles. The number of alkyl halides is 6. The molecule has 3 aromatic carbocycles. The highest BCUT2D eigenvalue weighted by Crippen LogP contribution is 2.39. The standard InChI is InChI=1S/C28H19F6N7O2/c1-35-25-38-14-37-23(41-25)20-7-4-10-36-24(20)43-22-9-8-21(18-5-2-3-6-19(18)22)40-26(42)39-17-12-15(27(29,30)31)11-16(13-17)28(32,33)34/h2-14H,1H3,(H2,39,40,42)(H,35,37,38,41). The summed E-state index contributed by atoms with van der Waals surface area (Å²) < 4.78 is 85.4. The maximum absolute atomic E-state index is 13.2. The van der Waals surface area contributed by atoms with Gasteiger partial charge in [0.2, 0.25) is 11.8 Å². The number of nitrogens with one attached hydrogen (secondary N) is 3. The molecular weight excluding hydrogens is 580 g/mol. The minimum atomic E-state index is -5.06. The molecule has 2 heterocycles. The Morgan fingerprint density at radius 1 is 0.791 bits per heavy atom. The minimum Gasteiger partial charge on any atom is -0.438 e. The summed E-state index contributed by atoms with van der Waals surface area (Å²) in [5, 5.41) is 8.33. The normalized spacial score (nSPS) is 11.7. The summed E-state index contributed by atoms with van der Waals surface area (Å²) in [6.45, 7) is 0. The molecule has 0 radical (unpaired) electrons. The second-order valence-electron chi connectivity index (χ2n) is 8.87. The SMILES string of the molecule is CNc1ncnc(-c2cccnc2Oc2ccc(NC(=O)Nc3cc(C(F)(F)F)cc(C(F)(F)F)c3)c3ccccc23)n1. The Balaban J connectivity index is 1.43. The van der Waals surface area contributed by atoms with Gasteiger partial charge in [0.25, 0.3) is 0 Å². The Morgan fingerprint density at radius 2 is 1.49 bits per heavy atom. The molecule has 0 aliphatic rings. The van der Waals surface area contributed by atoms with Gasteiger partial charge in [-0.3, -0.25) is 0 Å². The number of carbonyl (C=O) groups is 1. The van der Waals surface area contributed by atoms with Crippen LogP contribution in [0.25, 0.3) is 22.2 Å². The van der Waals surface area contributed by atoms with E-state index in [1.165, 1.54) is 24.7 Å². The molecule has 15 heteroatoms. The average molecular weight is 599 g/mol. The van der Waals surface area contributed by atoms with Gasteiger partial charge in [0.1, 0.15) is 12.1 Å². The molecule has 5 rings (SSSR count). The Hall–Kier alpha value is -5.47. The smallest absolute Gasteiger partial charge is 0.416 e. The second-order valence-corrected chi connectivity index (χ2v) is 8.87. The summed E-state index contributed by atoms with van der Waals surface area (Å²) >= 11 is 0. The van der Waals surface area contributed by atoms with E-state index in [-0.39, 0.29) is 17.6 Å². The number of hydrogen-bond donors (Lipinski definition) is 3. The van der Waals surface area contributed by atoms with E-state index in [0.717, 1.165) is 0 Å². The third-order valence-electron chi connectivity index (χ3n) is 5.99. The van der Waals surface area contributed by atoms with Crippen molar-refractivity contribution in [1.82, 2.24) is 19.9 Å². The van der Waals surface area contributed by atoms with E-state index in [2.05, 4.69) is 35.9 Å². The number of anilines is 3. The van der Waals surface area contributed by atoms with Crippen molar-refractivity contribution < 1.29 is 35.9 Å². The Labute approximate surface area is 239 Å². The van der Waals surface area contributed by atoms with E-state index in [0.29, 0.717) is 46.0 Å². The highest BCUT2D eigenvalue weighted by molar-refractivity contribution is 6.07. The summed E-state index contributed by atoms with van der Waals surface area (Å²) in [5.74, 6) is 1.13. The number of ether oxygens (including phenoxy) is 1. The van der Waals surface area contributed by atoms with Crippen molar-refractivity contribution in [2.75, 3.05) is 23.0 Å². The summed E-state index contributed by atoms with van der Waals surface area (Å²) in [5.41, 5.74) is -3.13. The fourth-order valence-corrected chi connectivity index (χ4v) is 4.07. The van der Waals surface area contributed by atoms with E-state index in [1.54, 1.807) is 43.4 Å². The third kappa shape index (κ3) is 6.55. The van der Waals surface area contributed by atoms with Crippen molar-refractivity contribution in [2.24, 2.45) is 0 Å². The highest BCUT2D eigenvalue weighted by atomic mass is 19.4. The monoisotopic (exact) mass is 599 g/mol. The van der Waals surface area contributed by atoms with Crippen LogP contribution in [0.4, 0.5) is 48.5 Å². The van der Waals surface area contributed by atoms with Gasteiger partial charge < -0.3 is 20.7 Å². The Bertz CT molecular complexity index is 1780. The molecule has 2 amide bonds. The predicted molar refractivity (Wildman–Crippen MR) is 146 cm³/mol. The quantitative estimate of drug-likeness (QED) is 0.172. The number of hydrogen-bond acceptors (Lipinski definition) is 7. The Kier molecular flexibility index (Phi) is 7.72. The molecule has 9 nitrogen and oxygen atoms in total. The first kappa shape index (κ1) is 29.0. The zero-order valence-electron chi connectivity index (χ0n) is 21.9. The number of urea groups is 1. The number of fused-ring (bicyclic) bond motifs is 1. The van der Waals surface area contributed by atoms with Crippen LogP contribution in [0.3, 0.4) is 0 Å². The van der Waals surface area contributed by atoms with Crippen LogP contribution in [0.1, 0.15) is 11.1 Å². The summed E-state index contributed by atoms with van der Waals surface area (Å²) in [6.07, 6.45) is -7.28. The van der Waals surface area contributed by atoms with Gasteiger partial charge >= 0.3 is 18.4 Å². The van der Waals surface area contributed by atoms with Crippen LogP contribution in [0.15, 0.2) is 79.3 Å². The van der Waals surface area contributed by atoms with E-state index >= 15 is 0 Å². The van der Waals surface area contributed by atoms with E-state index in [1.807, 2.05) is 0 Å². The number of benzene rings is 3. The molecule has 0 aliphatic heterocycles. The zero-order chi connectivity index (χ0) is 30.8. The molecule has 220 valence electrons. The lowest BCUT2D eigenvalue weighted by Crippen LogP contribution is -2.21. The molecule has 0 atom stereocenters. The molecule has 0 unspecified atom stereocenters. The van der Waals surface area contributed by atoms with Crippen LogP contribution >= 0.6 is 0 Å². The van der Waals surface area contributed by atoms with Gasteiger partial charge in [-0.15, -0.1) is 0 Å². The number of carbonyl (C=O) groups excluding carboxylic acids is 1. The van der Waals surface area contributed by atoms with Crippen LogP contribution in [-0.4, -0.2) is 33.0 Å². The molecule has 5 aromatic rings. The number of amides is 2. The molecule has 43 heavy (non-hydrogen) atoms. The van der Waals surface area contributed by atoms with Gasteiger partial charge in [-0.25, -0.2) is 19.7 Å². The van der Waals surface area contributed by atoms with E-state index in [4.69, 9.17) is 4.74 Å². The number of halogens is 6. The van der Waals surface area contributed by atoms with Crippen LogP contribution < -0.4 is 20.7 Å². The predicted octanol–water partition coefficient (Wildman–Crippen LogP) is 7.60. The first-order chi connectivity index (χ1) is 20.4. The summed E-state index contributed by atoms with van der Waals surface area (Å²) in [6, 6.07) is 12.9. The second kappa shape index (κ2) is 11.4.